The van der Waals surface area contributed by atoms with Gasteiger partial charge in [0.1, 0.15) is 0 Å². The largest absolute Gasteiger partial charge is 0.327 e. The number of rotatable bonds is 0. The summed E-state index contributed by atoms with van der Waals surface area (Å²) in [5.41, 5.74) is 6.65. The number of fused-ring (bicyclic) bond motifs is 2. The molecule has 0 bridgehead atoms. The van der Waals surface area contributed by atoms with Crippen LogP contribution in [0, 0.1) is 17.3 Å². The van der Waals surface area contributed by atoms with Gasteiger partial charge < -0.3 is 5.73 Å². The Kier molecular flexibility index (Phi) is 0.797. The molecule has 10 heavy (non-hydrogen) atoms. The van der Waals surface area contributed by atoms with Gasteiger partial charge in [-0.2, -0.15) is 0 Å². The first-order chi connectivity index (χ1) is 4.83. The van der Waals surface area contributed by atoms with Crippen LogP contribution in [-0.2, 0) is 0 Å². The van der Waals surface area contributed by atoms with E-state index in [0.29, 0.717) is 11.5 Å². The Balaban J connectivity index is 1.86. The lowest BCUT2D eigenvalue weighted by atomic mass is 9.85. The molecule has 0 saturated heterocycles. The molecule has 1 nitrogen and oxygen atoms in total. The molecule has 1 spiro atoms. The molecule has 3 aliphatic carbocycles. The molecule has 0 aromatic carbocycles. The summed E-state index contributed by atoms with van der Waals surface area (Å²) in [6.07, 6.45) is 7.31. The van der Waals surface area contributed by atoms with Gasteiger partial charge in [-0.15, -0.1) is 0 Å². The fourth-order valence-electron chi connectivity index (χ4n) is 3.21. The van der Waals surface area contributed by atoms with Crippen molar-refractivity contribution in [1.29, 1.82) is 0 Å². The predicted molar refractivity (Wildman–Crippen MR) is 40.5 cm³/mol. The zero-order chi connectivity index (χ0) is 6.77. The summed E-state index contributed by atoms with van der Waals surface area (Å²) in [5.74, 6) is 2.19. The smallest absolute Gasteiger partial charge is 0.0105 e. The number of hydrogen-bond donors (Lipinski definition) is 1. The monoisotopic (exact) mass is 137 g/mol. The van der Waals surface area contributed by atoms with Crippen LogP contribution in [0.1, 0.15) is 32.1 Å². The molecule has 0 aliphatic heterocycles. The van der Waals surface area contributed by atoms with E-state index in [4.69, 9.17) is 5.73 Å². The van der Waals surface area contributed by atoms with Crippen LogP contribution in [0.5, 0.6) is 0 Å². The highest BCUT2D eigenvalue weighted by molar-refractivity contribution is 5.17. The van der Waals surface area contributed by atoms with Crippen molar-refractivity contribution in [3.05, 3.63) is 0 Å². The fourth-order valence-corrected chi connectivity index (χ4v) is 3.21. The van der Waals surface area contributed by atoms with Gasteiger partial charge in [0.15, 0.2) is 0 Å². The van der Waals surface area contributed by atoms with Gasteiger partial charge in [-0.3, -0.25) is 0 Å². The number of hydrogen-bond acceptors (Lipinski definition) is 1. The van der Waals surface area contributed by atoms with Crippen LogP contribution in [-0.4, -0.2) is 6.04 Å². The second kappa shape index (κ2) is 1.42. The van der Waals surface area contributed by atoms with Gasteiger partial charge in [0.2, 0.25) is 0 Å². The summed E-state index contributed by atoms with van der Waals surface area (Å²) < 4.78 is 0. The molecule has 56 valence electrons. The molecule has 0 radical (unpaired) electrons. The summed E-state index contributed by atoms with van der Waals surface area (Å²) >= 11 is 0. The summed E-state index contributed by atoms with van der Waals surface area (Å²) in [5, 5.41) is 0. The summed E-state index contributed by atoms with van der Waals surface area (Å²) in [4.78, 5) is 0. The second-order valence-electron chi connectivity index (χ2n) is 4.54. The van der Waals surface area contributed by atoms with E-state index in [1.54, 1.807) is 0 Å². The normalized spacial score (nSPS) is 63.9. The van der Waals surface area contributed by atoms with E-state index in [1.807, 2.05) is 0 Å². The molecule has 3 saturated carbocycles. The van der Waals surface area contributed by atoms with Crippen LogP contribution in [0.4, 0.5) is 0 Å². The van der Waals surface area contributed by atoms with Crippen molar-refractivity contribution >= 4 is 0 Å². The van der Waals surface area contributed by atoms with Crippen LogP contribution in [0.25, 0.3) is 0 Å². The van der Waals surface area contributed by atoms with Crippen molar-refractivity contribution in [2.45, 2.75) is 38.1 Å². The van der Waals surface area contributed by atoms with Crippen molar-refractivity contribution in [2.24, 2.45) is 23.0 Å². The van der Waals surface area contributed by atoms with E-state index in [1.165, 1.54) is 32.1 Å². The van der Waals surface area contributed by atoms with Crippen LogP contribution < -0.4 is 5.73 Å². The van der Waals surface area contributed by atoms with E-state index in [9.17, 15) is 0 Å². The van der Waals surface area contributed by atoms with Crippen molar-refractivity contribution in [3.8, 4) is 0 Å². The minimum Gasteiger partial charge on any atom is -0.327 e. The summed E-state index contributed by atoms with van der Waals surface area (Å²) in [6.45, 7) is 0. The van der Waals surface area contributed by atoms with Crippen LogP contribution in [0.15, 0.2) is 0 Å². The van der Waals surface area contributed by atoms with Gasteiger partial charge in [0.05, 0.1) is 0 Å². The Morgan fingerprint density at radius 3 is 2.80 bits per heavy atom. The molecule has 0 heterocycles. The quantitative estimate of drug-likeness (QED) is 0.538. The molecule has 2 N–H and O–H groups in total. The van der Waals surface area contributed by atoms with Gasteiger partial charge in [-0.05, 0) is 36.5 Å². The highest BCUT2D eigenvalue weighted by atomic mass is 14.9. The third kappa shape index (κ3) is 0.493. The molecule has 1 heteroatoms. The molecule has 0 aromatic rings. The van der Waals surface area contributed by atoms with Gasteiger partial charge in [-0.25, -0.2) is 0 Å². The van der Waals surface area contributed by atoms with E-state index in [0.717, 1.165) is 11.8 Å². The molecule has 0 aromatic heterocycles. The predicted octanol–water partition coefficient (Wildman–Crippen LogP) is 1.52. The maximum Gasteiger partial charge on any atom is 0.0105 e. The number of nitrogens with two attached hydrogens (primary N) is 1. The third-order valence-electron chi connectivity index (χ3n) is 4.06. The van der Waals surface area contributed by atoms with Crippen LogP contribution in [0.3, 0.4) is 0 Å². The van der Waals surface area contributed by atoms with Crippen LogP contribution >= 0.6 is 0 Å². The van der Waals surface area contributed by atoms with Crippen molar-refractivity contribution in [2.75, 3.05) is 0 Å². The second-order valence-corrected chi connectivity index (χ2v) is 4.54. The minimum atomic E-state index is 0.600. The first kappa shape index (κ1) is 5.59. The average Bonchev–Trinajstić information content (AvgIpc) is 2.74. The topological polar surface area (TPSA) is 26.0 Å². The zero-order valence-corrected chi connectivity index (χ0v) is 6.34. The molecule has 3 aliphatic rings. The third-order valence-corrected chi connectivity index (χ3v) is 4.06. The summed E-state index contributed by atoms with van der Waals surface area (Å²) in [6, 6.07) is 0.600. The lowest BCUT2D eigenvalue weighted by Crippen LogP contribution is -2.19. The van der Waals surface area contributed by atoms with Gasteiger partial charge >= 0.3 is 0 Å². The van der Waals surface area contributed by atoms with Gasteiger partial charge in [0, 0.05) is 6.04 Å². The standard InChI is InChI=1S/C9H15N/c10-8-5-9(8)3-1-2-6-4-7(6)9/h6-8H,1-5,10H2. The first-order valence-electron chi connectivity index (χ1n) is 4.58. The lowest BCUT2D eigenvalue weighted by molar-refractivity contribution is 0.302. The molecular formula is C9H15N. The van der Waals surface area contributed by atoms with E-state index < -0.39 is 0 Å². The Labute approximate surface area is 62.0 Å². The Bertz CT molecular complexity index is 178. The van der Waals surface area contributed by atoms with Gasteiger partial charge in [-0.1, -0.05) is 12.8 Å². The van der Waals surface area contributed by atoms with Crippen molar-refractivity contribution in [1.82, 2.24) is 0 Å². The average molecular weight is 137 g/mol. The van der Waals surface area contributed by atoms with E-state index in [2.05, 4.69) is 0 Å². The fraction of sp³-hybridized carbons (Fsp3) is 1.00. The Morgan fingerprint density at radius 1 is 1.40 bits per heavy atom. The van der Waals surface area contributed by atoms with E-state index >= 15 is 0 Å². The molecular weight excluding hydrogens is 122 g/mol. The van der Waals surface area contributed by atoms with Crippen molar-refractivity contribution < 1.29 is 0 Å². The molecule has 3 rings (SSSR count). The Morgan fingerprint density at radius 2 is 2.20 bits per heavy atom. The van der Waals surface area contributed by atoms with Gasteiger partial charge in [0.25, 0.3) is 0 Å². The van der Waals surface area contributed by atoms with Crippen LogP contribution in [0.2, 0.25) is 0 Å². The van der Waals surface area contributed by atoms with E-state index in [-0.39, 0.29) is 0 Å². The molecule has 0 amide bonds. The highest BCUT2D eigenvalue weighted by Gasteiger charge is 2.65. The van der Waals surface area contributed by atoms with Crippen molar-refractivity contribution in [3.63, 3.8) is 0 Å². The first-order valence-corrected chi connectivity index (χ1v) is 4.58. The molecule has 3 fully saturated rings. The molecule has 4 atom stereocenters. The molecule has 4 unspecified atom stereocenters. The highest BCUT2D eigenvalue weighted by Crippen LogP contribution is 2.69. The lowest BCUT2D eigenvalue weighted by Gasteiger charge is -2.20. The zero-order valence-electron chi connectivity index (χ0n) is 6.34. The Hall–Kier alpha value is -0.0400. The SMILES string of the molecule is NC1CC12CCCC1CC12. The maximum atomic E-state index is 5.95. The summed E-state index contributed by atoms with van der Waals surface area (Å²) in [7, 11) is 0. The maximum absolute atomic E-state index is 5.95. The minimum absolute atomic E-state index is 0.600.